The zero-order valence-corrected chi connectivity index (χ0v) is 12.6. The molecule has 0 aliphatic rings. The van der Waals surface area contributed by atoms with E-state index in [1.807, 2.05) is 48.5 Å². The van der Waals surface area contributed by atoms with Gasteiger partial charge in [0.05, 0.1) is 19.8 Å². The lowest BCUT2D eigenvalue weighted by atomic mass is 10.0. The molecule has 0 amide bonds. The van der Waals surface area contributed by atoms with Crippen molar-refractivity contribution in [3.05, 3.63) is 59.7 Å². The maximum Gasteiger partial charge on any atom is 0.125 e. The molecule has 2 rings (SSSR count). The van der Waals surface area contributed by atoms with Crippen molar-refractivity contribution in [3.8, 4) is 11.5 Å². The van der Waals surface area contributed by atoms with Crippen molar-refractivity contribution in [2.75, 3.05) is 13.7 Å². The fraction of sp³-hybridized carbons (Fsp3) is 0.333. The van der Waals surface area contributed by atoms with Crippen LogP contribution in [0, 0.1) is 0 Å². The van der Waals surface area contributed by atoms with Gasteiger partial charge >= 0.3 is 0 Å². The summed E-state index contributed by atoms with van der Waals surface area (Å²) in [6.07, 6.45) is 0.884. The Morgan fingerprint density at radius 2 is 1.90 bits per heavy atom. The Bertz CT molecular complexity index is 566. The SMILES string of the molecule is CCCOc1ccccc1C(O)Cc1cccc(OC)c1. The zero-order chi connectivity index (χ0) is 15.1. The van der Waals surface area contributed by atoms with Crippen LogP contribution in [-0.4, -0.2) is 18.8 Å². The molecule has 0 aliphatic carbocycles. The number of hydrogen-bond acceptors (Lipinski definition) is 3. The average Bonchev–Trinajstić information content (AvgIpc) is 2.53. The molecule has 2 aromatic rings. The number of methoxy groups -OCH3 is 1. The van der Waals surface area contributed by atoms with Crippen LogP contribution in [0.5, 0.6) is 11.5 Å². The van der Waals surface area contributed by atoms with Gasteiger partial charge in [-0.05, 0) is 30.2 Å². The van der Waals surface area contributed by atoms with Crippen LogP contribution in [0.3, 0.4) is 0 Å². The molecule has 0 saturated heterocycles. The van der Waals surface area contributed by atoms with Gasteiger partial charge in [0.2, 0.25) is 0 Å². The average molecular weight is 286 g/mol. The summed E-state index contributed by atoms with van der Waals surface area (Å²) in [5.74, 6) is 1.56. The van der Waals surface area contributed by atoms with E-state index in [1.165, 1.54) is 0 Å². The van der Waals surface area contributed by atoms with Gasteiger partial charge in [-0.25, -0.2) is 0 Å². The number of benzene rings is 2. The molecule has 3 nitrogen and oxygen atoms in total. The minimum Gasteiger partial charge on any atom is -0.497 e. The molecule has 21 heavy (non-hydrogen) atoms. The summed E-state index contributed by atoms with van der Waals surface area (Å²) in [5.41, 5.74) is 1.86. The first-order chi connectivity index (χ1) is 10.2. The van der Waals surface area contributed by atoms with Crippen LogP contribution in [0.2, 0.25) is 0 Å². The molecule has 0 bridgehead atoms. The lowest BCUT2D eigenvalue weighted by Gasteiger charge is -2.16. The molecule has 0 heterocycles. The summed E-state index contributed by atoms with van der Waals surface area (Å²) >= 11 is 0. The van der Waals surface area contributed by atoms with Crippen LogP contribution in [0.1, 0.15) is 30.6 Å². The minimum atomic E-state index is -0.592. The standard InChI is InChI=1S/C18H22O3/c1-3-11-21-18-10-5-4-9-16(18)17(19)13-14-7-6-8-15(12-14)20-2/h4-10,12,17,19H,3,11,13H2,1-2H3. The summed E-state index contributed by atoms with van der Waals surface area (Å²) in [5, 5.41) is 10.5. The monoisotopic (exact) mass is 286 g/mol. The van der Waals surface area contributed by atoms with Gasteiger partial charge in [-0.1, -0.05) is 37.3 Å². The van der Waals surface area contributed by atoms with Crippen molar-refractivity contribution in [1.29, 1.82) is 0 Å². The van der Waals surface area contributed by atoms with Crippen molar-refractivity contribution in [2.24, 2.45) is 0 Å². The molecular formula is C18H22O3. The van der Waals surface area contributed by atoms with Crippen LogP contribution < -0.4 is 9.47 Å². The molecule has 0 radical (unpaired) electrons. The van der Waals surface area contributed by atoms with Gasteiger partial charge in [0.25, 0.3) is 0 Å². The molecule has 0 saturated carbocycles. The number of rotatable bonds is 7. The van der Waals surface area contributed by atoms with E-state index < -0.39 is 6.10 Å². The van der Waals surface area contributed by atoms with E-state index in [4.69, 9.17) is 9.47 Å². The van der Waals surface area contributed by atoms with Crippen LogP contribution in [0.15, 0.2) is 48.5 Å². The molecule has 0 fully saturated rings. The van der Waals surface area contributed by atoms with Crippen molar-refractivity contribution in [1.82, 2.24) is 0 Å². The first kappa shape index (κ1) is 15.4. The lowest BCUT2D eigenvalue weighted by Crippen LogP contribution is -2.06. The van der Waals surface area contributed by atoms with Crippen LogP contribution in [0.25, 0.3) is 0 Å². The second-order valence-electron chi connectivity index (χ2n) is 4.96. The second kappa shape index (κ2) is 7.70. The van der Waals surface area contributed by atoms with Crippen molar-refractivity contribution in [2.45, 2.75) is 25.9 Å². The molecular weight excluding hydrogens is 264 g/mol. The van der Waals surface area contributed by atoms with Gasteiger partial charge < -0.3 is 14.6 Å². The Hall–Kier alpha value is -2.00. The molecule has 0 aliphatic heterocycles. The Balaban J connectivity index is 2.13. The number of ether oxygens (including phenoxy) is 2. The number of aliphatic hydroxyl groups excluding tert-OH is 1. The van der Waals surface area contributed by atoms with Crippen molar-refractivity contribution < 1.29 is 14.6 Å². The van der Waals surface area contributed by atoms with E-state index in [1.54, 1.807) is 7.11 Å². The summed E-state index contributed by atoms with van der Waals surface area (Å²) in [6.45, 7) is 2.72. The van der Waals surface area contributed by atoms with Gasteiger partial charge in [0, 0.05) is 12.0 Å². The summed E-state index contributed by atoms with van der Waals surface area (Å²) in [7, 11) is 1.64. The molecule has 0 aromatic heterocycles. The van der Waals surface area contributed by atoms with Gasteiger partial charge in [0.15, 0.2) is 0 Å². The molecule has 1 N–H and O–H groups in total. The predicted octanol–water partition coefficient (Wildman–Crippen LogP) is 3.76. The van der Waals surface area contributed by atoms with E-state index in [0.29, 0.717) is 13.0 Å². The topological polar surface area (TPSA) is 38.7 Å². The van der Waals surface area contributed by atoms with Crippen LogP contribution in [-0.2, 0) is 6.42 Å². The molecule has 3 heteroatoms. The molecule has 112 valence electrons. The predicted molar refractivity (Wildman–Crippen MR) is 83.9 cm³/mol. The molecule has 0 spiro atoms. The third kappa shape index (κ3) is 4.23. The first-order valence-corrected chi connectivity index (χ1v) is 7.27. The highest BCUT2D eigenvalue weighted by atomic mass is 16.5. The highest BCUT2D eigenvalue weighted by Crippen LogP contribution is 2.28. The summed E-state index contributed by atoms with van der Waals surface area (Å²) in [6, 6.07) is 15.4. The smallest absolute Gasteiger partial charge is 0.125 e. The second-order valence-corrected chi connectivity index (χ2v) is 4.96. The molecule has 2 aromatic carbocycles. The highest BCUT2D eigenvalue weighted by molar-refractivity contribution is 5.37. The van der Waals surface area contributed by atoms with Gasteiger partial charge in [-0.15, -0.1) is 0 Å². The third-order valence-electron chi connectivity index (χ3n) is 3.30. The van der Waals surface area contributed by atoms with Gasteiger partial charge in [0.1, 0.15) is 11.5 Å². The van der Waals surface area contributed by atoms with E-state index in [2.05, 4.69) is 6.92 Å². The third-order valence-corrected chi connectivity index (χ3v) is 3.30. The number of aliphatic hydroxyl groups is 1. The maximum absolute atomic E-state index is 10.5. The number of para-hydroxylation sites is 1. The van der Waals surface area contributed by atoms with E-state index in [0.717, 1.165) is 29.0 Å². The summed E-state index contributed by atoms with van der Waals surface area (Å²) in [4.78, 5) is 0. The van der Waals surface area contributed by atoms with Crippen molar-refractivity contribution in [3.63, 3.8) is 0 Å². The van der Waals surface area contributed by atoms with E-state index >= 15 is 0 Å². The highest BCUT2D eigenvalue weighted by Gasteiger charge is 2.14. The van der Waals surface area contributed by atoms with Crippen LogP contribution in [0.4, 0.5) is 0 Å². The van der Waals surface area contributed by atoms with Crippen molar-refractivity contribution >= 4 is 0 Å². The van der Waals surface area contributed by atoms with Gasteiger partial charge in [-0.3, -0.25) is 0 Å². The van der Waals surface area contributed by atoms with Crippen LogP contribution >= 0.6 is 0 Å². The Kier molecular flexibility index (Phi) is 5.64. The Labute approximate surface area is 126 Å². The summed E-state index contributed by atoms with van der Waals surface area (Å²) < 4.78 is 10.9. The quantitative estimate of drug-likeness (QED) is 0.842. The van der Waals surface area contributed by atoms with E-state index in [9.17, 15) is 5.11 Å². The minimum absolute atomic E-state index is 0.531. The molecule has 1 atom stereocenters. The normalized spacial score (nSPS) is 12.0. The fourth-order valence-electron chi connectivity index (χ4n) is 2.23. The van der Waals surface area contributed by atoms with E-state index in [-0.39, 0.29) is 0 Å². The Morgan fingerprint density at radius 1 is 1.10 bits per heavy atom. The lowest BCUT2D eigenvalue weighted by molar-refractivity contribution is 0.171. The zero-order valence-electron chi connectivity index (χ0n) is 12.6. The maximum atomic E-state index is 10.5. The first-order valence-electron chi connectivity index (χ1n) is 7.27. The Morgan fingerprint density at radius 3 is 2.67 bits per heavy atom. The largest absolute Gasteiger partial charge is 0.497 e. The fourth-order valence-corrected chi connectivity index (χ4v) is 2.23. The number of hydrogen-bond donors (Lipinski definition) is 1. The molecule has 1 unspecified atom stereocenters. The van der Waals surface area contributed by atoms with Gasteiger partial charge in [-0.2, -0.15) is 0 Å².